The van der Waals surface area contributed by atoms with Crippen LogP contribution >= 0.6 is 23.2 Å². The van der Waals surface area contributed by atoms with Crippen molar-refractivity contribution in [2.45, 2.75) is 6.04 Å². The number of morpholine rings is 1. The van der Waals surface area contributed by atoms with Gasteiger partial charge < -0.3 is 19.5 Å². The molecular weight excluding hydrogens is 403 g/mol. The predicted octanol–water partition coefficient (Wildman–Crippen LogP) is 4.02. The molecule has 2 aromatic carbocycles. The van der Waals surface area contributed by atoms with Gasteiger partial charge in [0, 0.05) is 29.4 Å². The molecule has 0 spiro atoms. The molecule has 1 N–H and O–H groups in total. The standard InChI is InChI=1S/C20H22Cl2N2O4/c1-26-15-5-3-14(4-6-15)23-20(25)18(24-7-9-28-10-8-24)16-11-13(21)12-17(22)19(16)27-2/h3-6,11-12,18H,7-10H2,1-2H3,(H,23,25)/t18-/m1/s1. The van der Waals surface area contributed by atoms with Crippen molar-refractivity contribution < 1.29 is 19.0 Å². The number of benzene rings is 2. The number of ether oxygens (including phenoxy) is 3. The van der Waals surface area contributed by atoms with Gasteiger partial charge in [0.15, 0.2) is 0 Å². The summed E-state index contributed by atoms with van der Waals surface area (Å²) in [6.07, 6.45) is 0. The second-order valence-corrected chi connectivity index (χ2v) is 7.12. The Morgan fingerprint density at radius 2 is 1.79 bits per heavy atom. The van der Waals surface area contributed by atoms with Crippen molar-refractivity contribution in [3.8, 4) is 11.5 Å². The highest BCUT2D eigenvalue weighted by atomic mass is 35.5. The molecule has 0 unspecified atom stereocenters. The summed E-state index contributed by atoms with van der Waals surface area (Å²) in [5.74, 6) is 0.946. The Kier molecular flexibility index (Phi) is 7.02. The minimum atomic E-state index is -0.628. The Labute approximate surface area is 174 Å². The minimum Gasteiger partial charge on any atom is -0.497 e. The van der Waals surface area contributed by atoms with Crippen molar-refractivity contribution >= 4 is 34.8 Å². The molecule has 28 heavy (non-hydrogen) atoms. The van der Waals surface area contributed by atoms with Crippen LogP contribution in [0.25, 0.3) is 0 Å². The summed E-state index contributed by atoms with van der Waals surface area (Å²) in [6.45, 7) is 2.30. The number of methoxy groups -OCH3 is 2. The number of carbonyl (C=O) groups is 1. The number of amides is 1. The topological polar surface area (TPSA) is 60.0 Å². The van der Waals surface area contributed by atoms with Crippen LogP contribution in [0.5, 0.6) is 11.5 Å². The second-order valence-electron chi connectivity index (χ2n) is 6.28. The van der Waals surface area contributed by atoms with Crippen LogP contribution in [0.2, 0.25) is 10.0 Å². The van der Waals surface area contributed by atoms with E-state index >= 15 is 0 Å². The number of hydrogen-bond donors (Lipinski definition) is 1. The first-order valence-electron chi connectivity index (χ1n) is 8.83. The zero-order chi connectivity index (χ0) is 20.1. The van der Waals surface area contributed by atoms with Gasteiger partial charge in [-0.15, -0.1) is 0 Å². The minimum absolute atomic E-state index is 0.205. The molecule has 0 bridgehead atoms. The lowest BCUT2D eigenvalue weighted by atomic mass is 10.0. The SMILES string of the molecule is COc1ccc(NC(=O)[C@@H](c2cc(Cl)cc(Cl)c2OC)N2CCOCC2)cc1. The van der Waals surface area contributed by atoms with Crippen LogP contribution in [-0.4, -0.2) is 51.3 Å². The molecule has 1 heterocycles. The fourth-order valence-electron chi connectivity index (χ4n) is 3.22. The Morgan fingerprint density at radius 1 is 1.11 bits per heavy atom. The number of anilines is 1. The van der Waals surface area contributed by atoms with Crippen LogP contribution < -0.4 is 14.8 Å². The van der Waals surface area contributed by atoms with Crippen LogP contribution in [-0.2, 0) is 9.53 Å². The maximum absolute atomic E-state index is 13.3. The summed E-state index contributed by atoms with van der Waals surface area (Å²) < 4.78 is 16.1. The largest absolute Gasteiger partial charge is 0.497 e. The molecular formula is C20H22Cl2N2O4. The summed E-state index contributed by atoms with van der Waals surface area (Å²) in [7, 11) is 3.12. The third kappa shape index (κ3) is 4.70. The average molecular weight is 425 g/mol. The van der Waals surface area contributed by atoms with E-state index in [2.05, 4.69) is 5.32 Å². The van der Waals surface area contributed by atoms with Gasteiger partial charge in [0.05, 0.1) is 32.5 Å². The Bertz CT molecular complexity index is 824. The smallest absolute Gasteiger partial charge is 0.246 e. The van der Waals surface area contributed by atoms with E-state index < -0.39 is 6.04 Å². The lowest BCUT2D eigenvalue weighted by molar-refractivity contribution is -0.123. The van der Waals surface area contributed by atoms with Gasteiger partial charge in [0.25, 0.3) is 0 Å². The molecule has 0 aliphatic carbocycles. The molecule has 1 fully saturated rings. The van der Waals surface area contributed by atoms with Gasteiger partial charge in [-0.05, 0) is 36.4 Å². The fraction of sp³-hybridized carbons (Fsp3) is 0.350. The summed E-state index contributed by atoms with van der Waals surface area (Å²) in [6, 6.07) is 9.84. The molecule has 2 aromatic rings. The number of halogens is 2. The molecule has 150 valence electrons. The quantitative estimate of drug-likeness (QED) is 0.758. The van der Waals surface area contributed by atoms with Gasteiger partial charge in [-0.3, -0.25) is 9.69 Å². The normalized spacial score (nSPS) is 15.7. The Balaban J connectivity index is 1.96. The summed E-state index contributed by atoms with van der Waals surface area (Å²) in [5.41, 5.74) is 1.28. The van der Waals surface area contributed by atoms with Crippen LogP contribution in [0, 0.1) is 0 Å². The van der Waals surface area contributed by atoms with Crippen molar-refractivity contribution in [2.24, 2.45) is 0 Å². The van der Waals surface area contributed by atoms with Gasteiger partial charge in [-0.1, -0.05) is 23.2 Å². The zero-order valence-corrected chi connectivity index (χ0v) is 17.2. The van der Waals surface area contributed by atoms with Crippen LogP contribution in [0.4, 0.5) is 5.69 Å². The molecule has 1 atom stereocenters. The monoisotopic (exact) mass is 424 g/mol. The molecule has 6 nitrogen and oxygen atoms in total. The lowest BCUT2D eigenvalue weighted by Gasteiger charge is -2.34. The molecule has 1 aliphatic heterocycles. The van der Waals surface area contributed by atoms with Gasteiger partial charge in [-0.25, -0.2) is 0 Å². The molecule has 0 aromatic heterocycles. The second kappa shape index (κ2) is 9.47. The van der Waals surface area contributed by atoms with E-state index in [0.717, 1.165) is 0 Å². The predicted molar refractivity (Wildman–Crippen MR) is 110 cm³/mol. The zero-order valence-electron chi connectivity index (χ0n) is 15.7. The van der Waals surface area contributed by atoms with Crippen LogP contribution in [0.1, 0.15) is 11.6 Å². The van der Waals surface area contributed by atoms with E-state index in [-0.39, 0.29) is 5.91 Å². The van der Waals surface area contributed by atoms with E-state index in [1.165, 1.54) is 7.11 Å². The molecule has 0 radical (unpaired) electrons. The van der Waals surface area contributed by atoms with Crippen molar-refractivity contribution in [1.29, 1.82) is 0 Å². The maximum atomic E-state index is 13.3. The van der Waals surface area contributed by atoms with Crippen LogP contribution in [0.15, 0.2) is 36.4 Å². The maximum Gasteiger partial charge on any atom is 0.246 e. The van der Waals surface area contributed by atoms with E-state index in [1.54, 1.807) is 43.5 Å². The first-order valence-corrected chi connectivity index (χ1v) is 9.58. The number of rotatable bonds is 6. The van der Waals surface area contributed by atoms with Crippen molar-refractivity contribution in [3.63, 3.8) is 0 Å². The third-order valence-electron chi connectivity index (χ3n) is 4.55. The number of nitrogens with one attached hydrogen (secondary N) is 1. The molecule has 1 saturated heterocycles. The van der Waals surface area contributed by atoms with E-state index in [9.17, 15) is 4.79 Å². The average Bonchev–Trinajstić information content (AvgIpc) is 2.69. The van der Waals surface area contributed by atoms with Gasteiger partial charge in [-0.2, -0.15) is 0 Å². The summed E-state index contributed by atoms with van der Waals surface area (Å²) in [5, 5.41) is 3.76. The van der Waals surface area contributed by atoms with Crippen molar-refractivity contribution in [2.75, 3.05) is 45.8 Å². The van der Waals surface area contributed by atoms with Gasteiger partial charge in [0.1, 0.15) is 17.5 Å². The van der Waals surface area contributed by atoms with E-state index in [4.69, 9.17) is 37.4 Å². The highest BCUT2D eigenvalue weighted by Crippen LogP contribution is 2.38. The number of carbonyl (C=O) groups excluding carboxylic acids is 1. The lowest BCUT2D eigenvalue weighted by Crippen LogP contribution is -2.44. The van der Waals surface area contributed by atoms with E-state index in [1.807, 2.05) is 4.90 Å². The van der Waals surface area contributed by atoms with E-state index in [0.29, 0.717) is 59.1 Å². The molecule has 3 rings (SSSR count). The summed E-state index contributed by atoms with van der Waals surface area (Å²) in [4.78, 5) is 15.3. The molecule has 1 amide bonds. The molecule has 8 heteroatoms. The van der Waals surface area contributed by atoms with Crippen molar-refractivity contribution in [3.05, 3.63) is 52.0 Å². The molecule has 0 saturated carbocycles. The fourth-order valence-corrected chi connectivity index (χ4v) is 3.81. The highest BCUT2D eigenvalue weighted by molar-refractivity contribution is 6.35. The van der Waals surface area contributed by atoms with Gasteiger partial charge >= 0.3 is 0 Å². The summed E-state index contributed by atoms with van der Waals surface area (Å²) >= 11 is 12.5. The number of nitrogens with zero attached hydrogens (tertiary/aromatic N) is 1. The number of hydrogen-bond acceptors (Lipinski definition) is 5. The Hall–Kier alpha value is -1.99. The first-order chi connectivity index (χ1) is 13.5. The highest BCUT2D eigenvalue weighted by Gasteiger charge is 2.32. The van der Waals surface area contributed by atoms with Crippen LogP contribution in [0.3, 0.4) is 0 Å². The van der Waals surface area contributed by atoms with Gasteiger partial charge in [0.2, 0.25) is 5.91 Å². The molecule has 1 aliphatic rings. The third-order valence-corrected chi connectivity index (χ3v) is 5.05. The van der Waals surface area contributed by atoms with Crippen molar-refractivity contribution in [1.82, 2.24) is 4.90 Å². The Morgan fingerprint density at radius 3 is 2.39 bits per heavy atom. The first kappa shape index (κ1) is 20.7.